The van der Waals surface area contributed by atoms with Crippen molar-refractivity contribution in [1.29, 1.82) is 0 Å². The number of furan rings is 1. The third-order valence-electron chi connectivity index (χ3n) is 10.3. The lowest BCUT2D eigenvalue weighted by atomic mass is 10.0. The molecule has 8 aromatic carbocycles. The second kappa shape index (κ2) is 9.96. The van der Waals surface area contributed by atoms with Gasteiger partial charge in [-0.2, -0.15) is 0 Å². The molecule has 0 amide bonds. The zero-order chi connectivity index (χ0) is 32.1. The van der Waals surface area contributed by atoms with Gasteiger partial charge in [0.15, 0.2) is 0 Å². The second-order valence-corrected chi connectivity index (χ2v) is 12.9. The van der Waals surface area contributed by atoms with E-state index in [-0.39, 0.29) is 0 Å². The summed E-state index contributed by atoms with van der Waals surface area (Å²) in [4.78, 5) is 0. The van der Waals surface area contributed by atoms with Crippen LogP contribution < -0.4 is 0 Å². The van der Waals surface area contributed by atoms with Crippen molar-refractivity contribution in [2.75, 3.05) is 0 Å². The predicted octanol–water partition coefficient (Wildman–Crippen LogP) is 12.6. The van der Waals surface area contributed by atoms with Crippen molar-refractivity contribution in [3.05, 3.63) is 170 Å². The largest absolute Gasteiger partial charge is 0.456 e. The van der Waals surface area contributed by atoms with Gasteiger partial charge in [0.25, 0.3) is 0 Å². The molecule has 3 nitrogen and oxygen atoms in total. The SMILES string of the molecule is c1ccc2cc(-c3ccc(-n4c5ccccc5c5ccc6c(c7ccccc7n6-c6ccc7oc8ccccc8c7c6)c54)cc3)ccc2c1. The molecule has 0 saturated heterocycles. The zero-order valence-corrected chi connectivity index (χ0v) is 26.5. The molecule has 0 aliphatic carbocycles. The number of benzene rings is 8. The Balaban J connectivity index is 1.18. The molecule has 0 bridgehead atoms. The van der Waals surface area contributed by atoms with Crippen molar-refractivity contribution in [2.45, 2.75) is 0 Å². The summed E-state index contributed by atoms with van der Waals surface area (Å²) in [5, 5.41) is 9.76. The summed E-state index contributed by atoms with van der Waals surface area (Å²) in [7, 11) is 0. The molecule has 0 aliphatic heterocycles. The first-order chi connectivity index (χ1) is 24.3. The molecule has 228 valence electrons. The lowest BCUT2D eigenvalue weighted by molar-refractivity contribution is 0.669. The highest BCUT2D eigenvalue weighted by molar-refractivity contribution is 6.26. The molecule has 0 saturated carbocycles. The first-order valence-corrected chi connectivity index (χ1v) is 16.8. The molecule has 0 atom stereocenters. The average Bonchev–Trinajstić information content (AvgIpc) is 3.82. The first kappa shape index (κ1) is 26.5. The third kappa shape index (κ3) is 3.78. The molecule has 11 rings (SSSR count). The maximum Gasteiger partial charge on any atom is 0.135 e. The van der Waals surface area contributed by atoms with E-state index in [2.05, 4.69) is 167 Å². The van der Waals surface area contributed by atoms with Crippen LogP contribution in [0.15, 0.2) is 174 Å². The molecule has 0 radical (unpaired) electrons. The van der Waals surface area contributed by atoms with E-state index >= 15 is 0 Å². The van der Waals surface area contributed by atoms with E-state index in [0.29, 0.717) is 0 Å². The van der Waals surface area contributed by atoms with Gasteiger partial charge >= 0.3 is 0 Å². The second-order valence-electron chi connectivity index (χ2n) is 12.9. The van der Waals surface area contributed by atoms with E-state index < -0.39 is 0 Å². The number of fused-ring (bicyclic) bond motifs is 11. The van der Waals surface area contributed by atoms with E-state index in [1.54, 1.807) is 0 Å². The van der Waals surface area contributed by atoms with Crippen LogP contribution in [0.5, 0.6) is 0 Å². The Bertz CT molecular complexity index is 3100. The van der Waals surface area contributed by atoms with Gasteiger partial charge in [0.1, 0.15) is 11.2 Å². The fraction of sp³-hybridized carbons (Fsp3) is 0. The minimum absolute atomic E-state index is 0.903. The van der Waals surface area contributed by atoms with Crippen LogP contribution in [0.25, 0.3) is 98.8 Å². The zero-order valence-electron chi connectivity index (χ0n) is 26.5. The minimum atomic E-state index is 0.903. The molecular weight excluding hydrogens is 597 g/mol. The van der Waals surface area contributed by atoms with Crippen LogP contribution in [0.4, 0.5) is 0 Å². The number of aromatic nitrogens is 2. The summed E-state index contributed by atoms with van der Waals surface area (Å²) in [6.45, 7) is 0. The molecule has 3 heteroatoms. The van der Waals surface area contributed by atoms with Crippen molar-refractivity contribution < 1.29 is 4.42 Å². The number of hydrogen-bond acceptors (Lipinski definition) is 1. The molecule has 11 aromatic rings. The molecule has 3 aromatic heterocycles. The van der Waals surface area contributed by atoms with Gasteiger partial charge in [-0.15, -0.1) is 0 Å². The Labute approximate surface area is 281 Å². The van der Waals surface area contributed by atoms with Crippen molar-refractivity contribution >= 4 is 76.3 Å². The van der Waals surface area contributed by atoms with Crippen molar-refractivity contribution in [1.82, 2.24) is 9.13 Å². The Morgan fingerprint density at radius 1 is 0.347 bits per heavy atom. The maximum atomic E-state index is 6.20. The average molecular weight is 625 g/mol. The van der Waals surface area contributed by atoms with Crippen LogP contribution in [0.1, 0.15) is 0 Å². The van der Waals surface area contributed by atoms with Gasteiger partial charge in [0, 0.05) is 43.7 Å². The molecule has 49 heavy (non-hydrogen) atoms. The molecule has 0 unspecified atom stereocenters. The summed E-state index contributed by atoms with van der Waals surface area (Å²) < 4.78 is 11.1. The Morgan fingerprint density at radius 2 is 1.00 bits per heavy atom. The smallest absolute Gasteiger partial charge is 0.135 e. The van der Waals surface area contributed by atoms with Crippen LogP contribution in [-0.4, -0.2) is 9.13 Å². The number of hydrogen-bond donors (Lipinski definition) is 0. The molecule has 0 fully saturated rings. The fourth-order valence-corrected chi connectivity index (χ4v) is 8.08. The molecule has 0 spiro atoms. The summed E-state index contributed by atoms with van der Waals surface area (Å²) in [5.41, 5.74) is 11.3. The summed E-state index contributed by atoms with van der Waals surface area (Å²) in [6.07, 6.45) is 0. The number of rotatable bonds is 3. The first-order valence-electron chi connectivity index (χ1n) is 16.8. The highest BCUT2D eigenvalue weighted by Crippen LogP contribution is 2.43. The molecule has 0 aliphatic rings. The van der Waals surface area contributed by atoms with Gasteiger partial charge in [-0.05, 0) is 82.6 Å². The topological polar surface area (TPSA) is 23.0 Å². The summed E-state index contributed by atoms with van der Waals surface area (Å²) >= 11 is 0. The highest BCUT2D eigenvalue weighted by atomic mass is 16.3. The van der Waals surface area contributed by atoms with Crippen LogP contribution in [0, 0.1) is 0 Å². The number of para-hydroxylation sites is 3. The van der Waals surface area contributed by atoms with Crippen LogP contribution in [0.2, 0.25) is 0 Å². The van der Waals surface area contributed by atoms with E-state index in [1.807, 2.05) is 12.1 Å². The van der Waals surface area contributed by atoms with E-state index in [9.17, 15) is 0 Å². The quantitative estimate of drug-likeness (QED) is 0.192. The van der Waals surface area contributed by atoms with E-state index in [1.165, 1.54) is 65.5 Å². The molecule has 0 N–H and O–H groups in total. The van der Waals surface area contributed by atoms with Gasteiger partial charge in [-0.3, -0.25) is 0 Å². The van der Waals surface area contributed by atoms with Crippen molar-refractivity contribution in [2.24, 2.45) is 0 Å². The normalized spacial score (nSPS) is 12.1. The van der Waals surface area contributed by atoms with Gasteiger partial charge < -0.3 is 13.6 Å². The third-order valence-corrected chi connectivity index (χ3v) is 10.3. The monoisotopic (exact) mass is 624 g/mol. The van der Waals surface area contributed by atoms with Crippen molar-refractivity contribution in [3.63, 3.8) is 0 Å². The lowest BCUT2D eigenvalue weighted by Gasteiger charge is -2.11. The summed E-state index contributed by atoms with van der Waals surface area (Å²) in [6, 6.07) is 61.4. The van der Waals surface area contributed by atoms with Crippen molar-refractivity contribution in [3.8, 4) is 22.5 Å². The van der Waals surface area contributed by atoms with Crippen LogP contribution >= 0.6 is 0 Å². The fourth-order valence-electron chi connectivity index (χ4n) is 8.08. The highest BCUT2D eigenvalue weighted by Gasteiger charge is 2.21. The Kier molecular flexibility index (Phi) is 5.38. The van der Waals surface area contributed by atoms with Gasteiger partial charge in [0.2, 0.25) is 0 Å². The minimum Gasteiger partial charge on any atom is -0.456 e. The van der Waals surface area contributed by atoms with Gasteiger partial charge in [-0.1, -0.05) is 109 Å². The summed E-state index contributed by atoms with van der Waals surface area (Å²) in [5.74, 6) is 0. The van der Waals surface area contributed by atoms with Gasteiger partial charge in [-0.25, -0.2) is 0 Å². The maximum absolute atomic E-state index is 6.20. The number of nitrogens with zero attached hydrogens (tertiary/aromatic N) is 2. The molecule has 3 heterocycles. The van der Waals surface area contributed by atoms with Crippen LogP contribution in [0.3, 0.4) is 0 Å². The Morgan fingerprint density at radius 3 is 1.86 bits per heavy atom. The predicted molar refractivity (Wildman–Crippen MR) is 205 cm³/mol. The molecular formula is C46H28N2O. The van der Waals surface area contributed by atoms with E-state index in [0.717, 1.165) is 33.3 Å². The lowest BCUT2D eigenvalue weighted by Crippen LogP contribution is -1.95. The standard InChI is InChI=1S/C46H28N2O/c1-2-10-31-27-32(18-17-29(31)9-1)30-19-21-33(22-20-30)48-40-14-6-3-11-35(40)37-24-25-42-45(46(37)48)38-13-4-7-15-41(38)47(42)34-23-26-44-39(28-34)36-12-5-8-16-43(36)49-44/h1-28H. The Hall–Kier alpha value is -6.58. The van der Waals surface area contributed by atoms with Crippen LogP contribution in [-0.2, 0) is 0 Å². The van der Waals surface area contributed by atoms with Gasteiger partial charge in [0.05, 0.1) is 22.1 Å². The van der Waals surface area contributed by atoms with E-state index in [4.69, 9.17) is 4.42 Å².